The summed E-state index contributed by atoms with van der Waals surface area (Å²) in [6.07, 6.45) is 48.4. The number of nitrogens with zero attached hydrogens (tertiary/aromatic N) is 3. The Morgan fingerprint density at radius 2 is 0.422 bits per heavy atom. The van der Waals surface area contributed by atoms with Crippen LogP contribution in [0.5, 0.6) is 0 Å². The fraction of sp³-hybridized carbons (Fsp3) is 1.00. The number of rotatable bonds is 54. The molecule has 0 aliphatic carbocycles. The zero-order valence-electron chi connectivity index (χ0n) is 44.4. The summed E-state index contributed by atoms with van der Waals surface area (Å²) < 4.78 is 0. The SMILES string of the molecule is CCCCCCCCCCCC(O)CN(CCN(C)CCN(CC(O)CCCCCCCCCCC)CC(O)CCCCCCCCCCC)CC(O)CCCCCCCCCCC. The van der Waals surface area contributed by atoms with E-state index < -0.39 is 0 Å². The number of hydrogen-bond donors (Lipinski definition) is 4. The van der Waals surface area contributed by atoms with Crippen LogP contribution < -0.4 is 0 Å². The summed E-state index contributed by atoms with van der Waals surface area (Å²) in [5.41, 5.74) is 0. The zero-order valence-corrected chi connectivity index (χ0v) is 44.4. The topological polar surface area (TPSA) is 90.6 Å². The van der Waals surface area contributed by atoms with Gasteiger partial charge in [-0.25, -0.2) is 0 Å². The van der Waals surface area contributed by atoms with Crippen LogP contribution in [0.4, 0.5) is 0 Å². The van der Waals surface area contributed by atoms with E-state index in [0.717, 1.165) is 77.5 Å². The highest BCUT2D eigenvalue weighted by molar-refractivity contribution is 4.74. The lowest BCUT2D eigenvalue weighted by Crippen LogP contribution is -2.44. The molecule has 0 aromatic heterocycles. The maximum atomic E-state index is 11.2. The molecule has 0 aromatic carbocycles. The van der Waals surface area contributed by atoms with E-state index in [-0.39, 0.29) is 24.4 Å². The lowest BCUT2D eigenvalue weighted by molar-refractivity contribution is 0.0492. The Morgan fingerprint density at radius 3 is 0.609 bits per heavy atom. The molecule has 0 bridgehead atoms. The van der Waals surface area contributed by atoms with Gasteiger partial charge in [0.1, 0.15) is 0 Å². The van der Waals surface area contributed by atoms with Gasteiger partial charge < -0.3 is 25.3 Å². The van der Waals surface area contributed by atoms with E-state index in [9.17, 15) is 20.4 Å². The van der Waals surface area contributed by atoms with Crippen LogP contribution >= 0.6 is 0 Å². The molecule has 0 spiro atoms. The first-order valence-corrected chi connectivity index (χ1v) is 29.1. The van der Waals surface area contributed by atoms with Gasteiger partial charge in [0.05, 0.1) is 24.4 Å². The minimum Gasteiger partial charge on any atom is -0.392 e. The van der Waals surface area contributed by atoms with Crippen molar-refractivity contribution in [3.05, 3.63) is 0 Å². The maximum Gasteiger partial charge on any atom is 0.0667 e. The monoisotopic (exact) mass is 910 g/mol. The molecule has 7 heteroatoms. The Bertz CT molecular complexity index is 754. The summed E-state index contributed by atoms with van der Waals surface area (Å²) in [4.78, 5) is 7.03. The van der Waals surface area contributed by atoms with Crippen molar-refractivity contribution in [2.45, 2.75) is 309 Å². The molecule has 7 nitrogen and oxygen atoms in total. The molecule has 386 valence electrons. The van der Waals surface area contributed by atoms with Crippen molar-refractivity contribution in [3.63, 3.8) is 0 Å². The largest absolute Gasteiger partial charge is 0.392 e. The van der Waals surface area contributed by atoms with E-state index in [1.807, 2.05) is 0 Å². The third kappa shape index (κ3) is 46.8. The molecule has 0 aliphatic rings. The predicted molar refractivity (Wildman–Crippen MR) is 282 cm³/mol. The van der Waals surface area contributed by atoms with Crippen molar-refractivity contribution < 1.29 is 20.4 Å². The first kappa shape index (κ1) is 63.7. The third-order valence-electron chi connectivity index (χ3n) is 14.0. The molecule has 0 rings (SSSR count). The molecule has 0 amide bonds. The van der Waals surface area contributed by atoms with Crippen LogP contribution in [0.2, 0.25) is 0 Å². The van der Waals surface area contributed by atoms with E-state index in [1.165, 1.54) is 205 Å². The zero-order chi connectivity index (χ0) is 47.0. The summed E-state index contributed by atoms with van der Waals surface area (Å²) in [6.45, 7) is 15.0. The van der Waals surface area contributed by atoms with Crippen molar-refractivity contribution in [2.75, 3.05) is 59.4 Å². The second-order valence-corrected chi connectivity index (χ2v) is 20.9. The molecule has 4 N–H and O–H groups in total. The van der Waals surface area contributed by atoms with E-state index in [4.69, 9.17) is 0 Å². The van der Waals surface area contributed by atoms with Gasteiger partial charge >= 0.3 is 0 Å². The lowest BCUT2D eigenvalue weighted by Gasteiger charge is -2.31. The number of likely N-dealkylation sites (N-methyl/N-ethyl adjacent to an activating group) is 1. The predicted octanol–water partition coefficient (Wildman–Crippen LogP) is 14.6. The molecular weight excluding hydrogens is 791 g/mol. The second kappa shape index (κ2) is 50.6. The van der Waals surface area contributed by atoms with Gasteiger partial charge in [-0.2, -0.15) is 0 Å². The number of aliphatic hydroxyl groups is 4. The third-order valence-corrected chi connectivity index (χ3v) is 14.0. The van der Waals surface area contributed by atoms with E-state index in [1.54, 1.807) is 0 Å². The Labute approximate surface area is 402 Å². The molecule has 0 radical (unpaired) electrons. The summed E-state index contributed by atoms with van der Waals surface area (Å²) >= 11 is 0. The van der Waals surface area contributed by atoms with Crippen LogP contribution in [0.3, 0.4) is 0 Å². The average molecular weight is 911 g/mol. The Morgan fingerprint density at radius 1 is 0.250 bits per heavy atom. The molecule has 0 fully saturated rings. The van der Waals surface area contributed by atoms with Gasteiger partial charge in [-0.1, -0.05) is 259 Å². The van der Waals surface area contributed by atoms with Gasteiger partial charge in [0.15, 0.2) is 0 Å². The summed E-state index contributed by atoms with van der Waals surface area (Å²) in [5, 5.41) is 44.8. The molecule has 4 unspecified atom stereocenters. The van der Waals surface area contributed by atoms with Gasteiger partial charge in [-0.15, -0.1) is 0 Å². The minimum atomic E-state index is -0.357. The highest BCUT2D eigenvalue weighted by Crippen LogP contribution is 2.17. The molecule has 0 aliphatic heterocycles. The molecular formula is C57H119N3O4. The van der Waals surface area contributed by atoms with Crippen LogP contribution in [0.25, 0.3) is 0 Å². The van der Waals surface area contributed by atoms with Crippen LogP contribution in [-0.4, -0.2) is 119 Å². The first-order valence-electron chi connectivity index (χ1n) is 29.1. The normalized spacial score (nSPS) is 14.1. The van der Waals surface area contributed by atoms with Gasteiger partial charge in [0, 0.05) is 52.4 Å². The summed E-state index contributed by atoms with van der Waals surface area (Å²) in [7, 11) is 2.19. The van der Waals surface area contributed by atoms with Crippen LogP contribution in [-0.2, 0) is 0 Å². The molecule has 0 saturated carbocycles. The highest BCUT2D eigenvalue weighted by atomic mass is 16.3. The van der Waals surface area contributed by atoms with E-state index in [0.29, 0.717) is 26.2 Å². The van der Waals surface area contributed by atoms with Crippen molar-refractivity contribution in [2.24, 2.45) is 0 Å². The van der Waals surface area contributed by atoms with Crippen LogP contribution in [0.1, 0.15) is 285 Å². The standard InChI is InChI=1S/C57H119N3O4/c1-6-10-14-18-22-26-30-34-38-42-54(61)50-59(51-55(62)43-39-35-31-27-23-19-15-11-7-2)48-46-58(5)47-49-60(52-56(63)44-40-36-32-28-24-20-16-12-8-3)53-57(64)45-41-37-33-29-25-21-17-13-9-4/h54-57,61-64H,6-53H2,1-5H3. The van der Waals surface area contributed by atoms with Crippen molar-refractivity contribution in [1.29, 1.82) is 0 Å². The molecule has 64 heavy (non-hydrogen) atoms. The van der Waals surface area contributed by atoms with E-state index in [2.05, 4.69) is 49.4 Å². The fourth-order valence-corrected chi connectivity index (χ4v) is 9.57. The molecule has 4 atom stereocenters. The van der Waals surface area contributed by atoms with Gasteiger partial charge in [0.25, 0.3) is 0 Å². The lowest BCUT2D eigenvalue weighted by atomic mass is 10.0. The van der Waals surface area contributed by atoms with Crippen LogP contribution in [0, 0.1) is 0 Å². The maximum absolute atomic E-state index is 11.2. The first-order chi connectivity index (χ1) is 31.2. The smallest absolute Gasteiger partial charge is 0.0667 e. The number of hydrogen-bond acceptors (Lipinski definition) is 7. The van der Waals surface area contributed by atoms with E-state index >= 15 is 0 Å². The van der Waals surface area contributed by atoms with Gasteiger partial charge in [-0.3, -0.25) is 9.80 Å². The van der Waals surface area contributed by atoms with Crippen molar-refractivity contribution in [3.8, 4) is 0 Å². The Kier molecular flexibility index (Phi) is 50.4. The number of aliphatic hydroxyl groups excluding tert-OH is 4. The highest BCUT2D eigenvalue weighted by Gasteiger charge is 2.19. The van der Waals surface area contributed by atoms with Crippen molar-refractivity contribution >= 4 is 0 Å². The summed E-state index contributed by atoms with van der Waals surface area (Å²) in [6, 6.07) is 0. The average Bonchev–Trinajstić information content (AvgIpc) is 3.27. The van der Waals surface area contributed by atoms with Crippen molar-refractivity contribution in [1.82, 2.24) is 14.7 Å². The fourth-order valence-electron chi connectivity index (χ4n) is 9.57. The minimum absolute atomic E-state index is 0.357. The second-order valence-electron chi connectivity index (χ2n) is 20.9. The van der Waals surface area contributed by atoms with Gasteiger partial charge in [-0.05, 0) is 32.7 Å². The summed E-state index contributed by atoms with van der Waals surface area (Å²) in [5.74, 6) is 0. The van der Waals surface area contributed by atoms with Gasteiger partial charge in [0.2, 0.25) is 0 Å². The molecule has 0 saturated heterocycles. The Balaban J connectivity index is 5.14. The molecule has 0 aromatic rings. The Hall–Kier alpha value is -0.280. The van der Waals surface area contributed by atoms with Crippen LogP contribution in [0.15, 0.2) is 0 Å². The molecule has 0 heterocycles. The quantitative estimate of drug-likeness (QED) is 0.0452. The number of unbranched alkanes of at least 4 members (excludes halogenated alkanes) is 32.